The van der Waals surface area contributed by atoms with E-state index in [2.05, 4.69) is 6.92 Å². The van der Waals surface area contributed by atoms with Crippen molar-refractivity contribution in [2.24, 2.45) is 0 Å². The minimum Gasteiger partial charge on any atom is -0.466 e. The Bertz CT molecular complexity index is 399. The van der Waals surface area contributed by atoms with E-state index in [1.54, 1.807) is 6.92 Å². The molecule has 0 bridgehead atoms. The molecule has 0 aliphatic rings. The molecule has 30 heavy (non-hydrogen) atoms. The molecule has 1 unspecified atom stereocenters. The molecule has 0 radical (unpaired) electrons. The average Bonchev–Trinajstić information content (AvgIpc) is 2.72. The normalized spacial score (nSPS) is 12.0. The van der Waals surface area contributed by atoms with Crippen LogP contribution in [-0.2, 0) is 19.1 Å². The Hall–Kier alpha value is -0.770. The van der Waals surface area contributed by atoms with Crippen LogP contribution in [0.4, 0.5) is 0 Å². The van der Waals surface area contributed by atoms with E-state index in [4.69, 9.17) is 21.1 Å². The second kappa shape index (κ2) is 22.9. The number of carbonyl (C=O) groups is 2. The van der Waals surface area contributed by atoms with Crippen LogP contribution in [0.3, 0.4) is 0 Å². The van der Waals surface area contributed by atoms with Gasteiger partial charge in [0, 0.05) is 12.8 Å². The highest BCUT2D eigenvalue weighted by Crippen LogP contribution is 2.13. The lowest BCUT2D eigenvalue weighted by molar-refractivity contribution is -0.146. The molecule has 0 aliphatic heterocycles. The van der Waals surface area contributed by atoms with E-state index in [-0.39, 0.29) is 23.9 Å². The molecule has 0 saturated heterocycles. The molecule has 0 saturated carbocycles. The van der Waals surface area contributed by atoms with Gasteiger partial charge in [-0.2, -0.15) is 0 Å². The number of ether oxygens (including phenoxy) is 2. The first-order chi connectivity index (χ1) is 14.6. The molecule has 0 spiro atoms. The van der Waals surface area contributed by atoms with Gasteiger partial charge in [0.25, 0.3) is 0 Å². The summed E-state index contributed by atoms with van der Waals surface area (Å²) >= 11 is 5.72. The van der Waals surface area contributed by atoms with E-state index in [1.807, 2.05) is 0 Å². The maximum Gasteiger partial charge on any atom is 0.305 e. The van der Waals surface area contributed by atoms with Crippen LogP contribution in [0.2, 0.25) is 0 Å². The molecule has 0 aromatic rings. The molecular weight excluding hydrogens is 400 g/mol. The first-order valence-electron chi connectivity index (χ1n) is 12.5. The van der Waals surface area contributed by atoms with E-state index >= 15 is 0 Å². The van der Waals surface area contributed by atoms with Gasteiger partial charge in [-0.1, -0.05) is 90.4 Å². The van der Waals surface area contributed by atoms with Gasteiger partial charge >= 0.3 is 11.9 Å². The maximum atomic E-state index is 11.7. The second-order valence-corrected chi connectivity index (χ2v) is 9.23. The number of unbranched alkanes of at least 4 members (excludes halogenated alkanes) is 14. The van der Waals surface area contributed by atoms with Gasteiger partial charge in [-0.25, -0.2) is 0 Å². The number of alkyl halides is 1. The van der Waals surface area contributed by atoms with Crippen molar-refractivity contribution in [3.63, 3.8) is 0 Å². The molecule has 0 N–H and O–H groups in total. The zero-order valence-electron chi connectivity index (χ0n) is 19.7. The van der Waals surface area contributed by atoms with Crippen molar-refractivity contribution in [3.05, 3.63) is 0 Å². The summed E-state index contributed by atoms with van der Waals surface area (Å²) in [5.41, 5.74) is 0. The van der Waals surface area contributed by atoms with Gasteiger partial charge in [-0.05, 0) is 26.2 Å². The van der Waals surface area contributed by atoms with Gasteiger partial charge < -0.3 is 9.47 Å². The third kappa shape index (κ3) is 23.5. The van der Waals surface area contributed by atoms with Crippen molar-refractivity contribution >= 4 is 23.5 Å². The van der Waals surface area contributed by atoms with Crippen LogP contribution >= 0.6 is 11.6 Å². The fourth-order valence-electron chi connectivity index (χ4n) is 3.37. The standard InChI is InChI=1S/C25H47ClO4/c1-3-4-5-6-7-8-9-10-11-12-13-14-15-18-21-29-24(27)19-16-17-20-25(28)30-22-23(2)26/h23H,3-22H2,1-2H3. The van der Waals surface area contributed by atoms with Crippen molar-refractivity contribution < 1.29 is 19.1 Å². The lowest BCUT2D eigenvalue weighted by Crippen LogP contribution is -2.11. The van der Waals surface area contributed by atoms with Crippen molar-refractivity contribution in [1.82, 2.24) is 0 Å². The summed E-state index contributed by atoms with van der Waals surface area (Å²) in [5.74, 6) is -0.411. The number of hydrogen-bond donors (Lipinski definition) is 0. The summed E-state index contributed by atoms with van der Waals surface area (Å²) in [4.78, 5) is 23.1. The molecule has 5 heteroatoms. The Morgan fingerprint density at radius 3 is 1.47 bits per heavy atom. The predicted molar refractivity (Wildman–Crippen MR) is 126 cm³/mol. The highest BCUT2D eigenvalue weighted by molar-refractivity contribution is 6.20. The Labute approximate surface area is 190 Å². The van der Waals surface area contributed by atoms with Crippen LogP contribution in [0.25, 0.3) is 0 Å². The molecule has 178 valence electrons. The first kappa shape index (κ1) is 29.2. The van der Waals surface area contributed by atoms with Crippen molar-refractivity contribution in [2.45, 2.75) is 135 Å². The van der Waals surface area contributed by atoms with Gasteiger partial charge in [-0.3, -0.25) is 9.59 Å². The molecule has 1 atom stereocenters. The van der Waals surface area contributed by atoms with Gasteiger partial charge in [0.05, 0.1) is 12.0 Å². The second-order valence-electron chi connectivity index (χ2n) is 8.49. The zero-order chi connectivity index (χ0) is 22.3. The molecular formula is C25H47ClO4. The lowest BCUT2D eigenvalue weighted by Gasteiger charge is -2.06. The van der Waals surface area contributed by atoms with Crippen molar-refractivity contribution in [1.29, 1.82) is 0 Å². The monoisotopic (exact) mass is 446 g/mol. The minimum atomic E-state index is -0.252. The van der Waals surface area contributed by atoms with Crippen molar-refractivity contribution in [2.75, 3.05) is 13.2 Å². The SMILES string of the molecule is CCCCCCCCCCCCCCCCOC(=O)CCCCC(=O)OCC(C)Cl. The summed E-state index contributed by atoms with van der Waals surface area (Å²) < 4.78 is 10.2. The van der Waals surface area contributed by atoms with Gasteiger partial charge in [0.1, 0.15) is 6.61 Å². The Morgan fingerprint density at radius 1 is 0.633 bits per heavy atom. The van der Waals surface area contributed by atoms with Crippen LogP contribution in [-0.4, -0.2) is 30.5 Å². The smallest absolute Gasteiger partial charge is 0.305 e. The fraction of sp³-hybridized carbons (Fsp3) is 0.920. The predicted octanol–water partition coefficient (Wildman–Crippen LogP) is 7.74. The van der Waals surface area contributed by atoms with Crippen LogP contribution in [0, 0.1) is 0 Å². The largest absolute Gasteiger partial charge is 0.466 e. The van der Waals surface area contributed by atoms with Gasteiger partial charge in [0.2, 0.25) is 0 Å². The van der Waals surface area contributed by atoms with Gasteiger partial charge in [-0.15, -0.1) is 11.6 Å². The van der Waals surface area contributed by atoms with Crippen LogP contribution in [0.15, 0.2) is 0 Å². The highest BCUT2D eigenvalue weighted by atomic mass is 35.5. The molecule has 0 heterocycles. The number of hydrogen-bond acceptors (Lipinski definition) is 4. The van der Waals surface area contributed by atoms with Crippen LogP contribution in [0.1, 0.15) is 129 Å². The Balaban J connectivity index is 3.24. The first-order valence-corrected chi connectivity index (χ1v) is 12.9. The quantitative estimate of drug-likeness (QED) is 0.0968. The third-order valence-corrected chi connectivity index (χ3v) is 5.37. The fourth-order valence-corrected chi connectivity index (χ4v) is 3.44. The van der Waals surface area contributed by atoms with Crippen LogP contribution in [0.5, 0.6) is 0 Å². The summed E-state index contributed by atoms with van der Waals surface area (Å²) in [6, 6.07) is 0. The Morgan fingerprint density at radius 2 is 1.03 bits per heavy atom. The average molecular weight is 447 g/mol. The lowest BCUT2D eigenvalue weighted by atomic mass is 10.0. The third-order valence-electron chi connectivity index (χ3n) is 5.25. The Kier molecular flexibility index (Phi) is 22.3. The maximum absolute atomic E-state index is 11.7. The zero-order valence-corrected chi connectivity index (χ0v) is 20.5. The number of rotatable bonds is 22. The molecule has 4 nitrogen and oxygen atoms in total. The summed E-state index contributed by atoms with van der Waals surface area (Å²) in [6.45, 7) is 4.81. The van der Waals surface area contributed by atoms with E-state index < -0.39 is 0 Å². The minimum absolute atomic E-state index is 0.160. The molecule has 0 aromatic heterocycles. The molecule has 0 aromatic carbocycles. The number of carbonyl (C=O) groups excluding carboxylic acids is 2. The summed E-state index contributed by atoms with van der Waals surface area (Å²) in [5, 5.41) is -0.168. The summed E-state index contributed by atoms with van der Waals surface area (Å²) in [7, 11) is 0. The highest BCUT2D eigenvalue weighted by Gasteiger charge is 2.07. The molecule has 0 aliphatic carbocycles. The molecule has 0 amide bonds. The van der Waals surface area contributed by atoms with E-state index in [0.717, 1.165) is 12.8 Å². The van der Waals surface area contributed by atoms with Crippen LogP contribution < -0.4 is 0 Å². The van der Waals surface area contributed by atoms with E-state index in [1.165, 1.54) is 77.0 Å². The molecule has 0 rings (SSSR count). The van der Waals surface area contributed by atoms with Crippen molar-refractivity contribution in [3.8, 4) is 0 Å². The van der Waals surface area contributed by atoms with E-state index in [9.17, 15) is 9.59 Å². The molecule has 0 fully saturated rings. The number of halogens is 1. The summed E-state index contributed by atoms with van der Waals surface area (Å²) in [6.07, 6.45) is 20.5. The number of esters is 2. The topological polar surface area (TPSA) is 52.6 Å². The van der Waals surface area contributed by atoms with Gasteiger partial charge in [0.15, 0.2) is 0 Å². The van der Waals surface area contributed by atoms with E-state index in [0.29, 0.717) is 32.3 Å².